The van der Waals surface area contributed by atoms with Gasteiger partial charge in [0.2, 0.25) is 5.91 Å². The smallest absolute Gasteiger partial charge is 0.275 e. The number of carbonyl (C=O) groups is 1. The van der Waals surface area contributed by atoms with Crippen LogP contribution in [0.2, 0.25) is 0 Å². The molecule has 2 aromatic carbocycles. The predicted octanol–water partition coefficient (Wildman–Crippen LogP) is 3.17. The SMILES string of the molecule is O=C(Cn1c(=O)c2cccn2c2ccc(F)cc21)NC1CCN(Cc2ccccc2)CC1. The maximum absolute atomic E-state index is 13.9. The van der Waals surface area contributed by atoms with Crippen molar-refractivity contribution in [1.29, 1.82) is 0 Å². The molecule has 0 unspecified atom stereocenters. The second-order valence-electron chi connectivity index (χ2n) is 8.39. The van der Waals surface area contributed by atoms with Crippen molar-refractivity contribution in [2.45, 2.75) is 32.0 Å². The molecule has 5 rings (SSSR count). The molecule has 6 nitrogen and oxygen atoms in total. The number of amides is 1. The number of fused-ring (bicyclic) bond motifs is 3. The molecule has 32 heavy (non-hydrogen) atoms. The van der Waals surface area contributed by atoms with Crippen molar-refractivity contribution in [1.82, 2.24) is 19.2 Å². The van der Waals surface area contributed by atoms with Crippen molar-refractivity contribution in [3.05, 3.63) is 88.6 Å². The lowest BCUT2D eigenvalue weighted by molar-refractivity contribution is -0.122. The van der Waals surface area contributed by atoms with Gasteiger partial charge in [-0.1, -0.05) is 30.3 Å². The fraction of sp³-hybridized carbons (Fsp3) is 0.280. The van der Waals surface area contributed by atoms with Crippen molar-refractivity contribution >= 4 is 22.5 Å². The largest absolute Gasteiger partial charge is 0.352 e. The van der Waals surface area contributed by atoms with Gasteiger partial charge in [0.15, 0.2) is 0 Å². The highest BCUT2D eigenvalue weighted by atomic mass is 19.1. The monoisotopic (exact) mass is 432 g/mol. The van der Waals surface area contributed by atoms with Crippen LogP contribution in [0.5, 0.6) is 0 Å². The molecule has 1 amide bonds. The first-order chi connectivity index (χ1) is 15.6. The van der Waals surface area contributed by atoms with Crippen molar-refractivity contribution in [3.8, 4) is 0 Å². The first-order valence-electron chi connectivity index (χ1n) is 10.9. The minimum absolute atomic E-state index is 0.0743. The summed E-state index contributed by atoms with van der Waals surface area (Å²) < 4.78 is 17.0. The molecule has 2 aromatic heterocycles. The normalized spacial score (nSPS) is 15.4. The number of hydrogen-bond acceptors (Lipinski definition) is 3. The van der Waals surface area contributed by atoms with Crippen LogP contribution < -0.4 is 10.9 Å². The van der Waals surface area contributed by atoms with Gasteiger partial charge in [0.25, 0.3) is 5.56 Å². The molecule has 164 valence electrons. The average molecular weight is 432 g/mol. The van der Waals surface area contributed by atoms with Gasteiger partial charge in [0.05, 0.1) is 11.0 Å². The van der Waals surface area contributed by atoms with Crippen molar-refractivity contribution in [3.63, 3.8) is 0 Å². The first-order valence-corrected chi connectivity index (χ1v) is 10.9. The number of nitrogens with one attached hydrogen (secondary N) is 1. The fourth-order valence-corrected chi connectivity index (χ4v) is 4.58. The zero-order valence-electron chi connectivity index (χ0n) is 17.7. The van der Waals surface area contributed by atoms with Crippen LogP contribution >= 0.6 is 0 Å². The molecule has 1 aliphatic heterocycles. The predicted molar refractivity (Wildman–Crippen MR) is 122 cm³/mol. The Morgan fingerprint density at radius 3 is 2.53 bits per heavy atom. The van der Waals surface area contributed by atoms with E-state index in [2.05, 4.69) is 22.3 Å². The summed E-state index contributed by atoms with van der Waals surface area (Å²) >= 11 is 0. The van der Waals surface area contributed by atoms with Gasteiger partial charge in [-0.2, -0.15) is 0 Å². The van der Waals surface area contributed by atoms with E-state index >= 15 is 0 Å². The summed E-state index contributed by atoms with van der Waals surface area (Å²) in [4.78, 5) is 28.2. The average Bonchev–Trinajstić information content (AvgIpc) is 3.29. The summed E-state index contributed by atoms with van der Waals surface area (Å²) in [5.74, 6) is -0.668. The van der Waals surface area contributed by atoms with E-state index in [4.69, 9.17) is 0 Å². The van der Waals surface area contributed by atoms with Gasteiger partial charge in [-0.05, 0) is 48.7 Å². The number of piperidine rings is 1. The van der Waals surface area contributed by atoms with E-state index in [0.29, 0.717) is 16.6 Å². The van der Waals surface area contributed by atoms with Crippen molar-refractivity contribution < 1.29 is 9.18 Å². The number of rotatable bonds is 5. The molecule has 4 aromatic rings. The van der Waals surface area contributed by atoms with Crippen LogP contribution in [0, 0.1) is 5.82 Å². The van der Waals surface area contributed by atoms with Crippen LogP contribution in [0.25, 0.3) is 16.6 Å². The third kappa shape index (κ3) is 4.03. The highest BCUT2D eigenvalue weighted by Gasteiger charge is 2.22. The molecule has 1 fully saturated rings. The van der Waals surface area contributed by atoms with E-state index in [0.717, 1.165) is 32.5 Å². The summed E-state index contributed by atoms with van der Waals surface area (Å²) in [5.41, 5.74) is 2.54. The number of likely N-dealkylation sites (tertiary alicyclic amines) is 1. The summed E-state index contributed by atoms with van der Waals surface area (Å²) in [5, 5.41) is 3.07. The molecular formula is C25H25FN4O2. The molecule has 0 aliphatic carbocycles. The summed E-state index contributed by atoms with van der Waals surface area (Å²) in [6.07, 6.45) is 3.49. The van der Waals surface area contributed by atoms with Crippen LogP contribution in [0.3, 0.4) is 0 Å². The Balaban J connectivity index is 1.28. The van der Waals surface area contributed by atoms with Gasteiger partial charge in [-0.3, -0.25) is 19.1 Å². The molecule has 1 aliphatic rings. The number of hydrogen-bond donors (Lipinski definition) is 1. The quantitative estimate of drug-likeness (QED) is 0.527. The molecule has 0 atom stereocenters. The number of nitrogens with zero attached hydrogens (tertiary/aromatic N) is 3. The van der Waals surface area contributed by atoms with Crippen LogP contribution in [-0.2, 0) is 17.9 Å². The van der Waals surface area contributed by atoms with Gasteiger partial charge < -0.3 is 9.72 Å². The first kappa shape index (κ1) is 20.5. The second-order valence-corrected chi connectivity index (χ2v) is 8.39. The highest BCUT2D eigenvalue weighted by Crippen LogP contribution is 2.17. The summed E-state index contributed by atoms with van der Waals surface area (Å²) in [6.45, 7) is 2.59. The molecule has 1 N–H and O–H groups in total. The van der Waals surface area contributed by atoms with E-state index in [1.165, 1.54) is 22.3 Å². The highest BCUT2D eigenvalue weighted by molar-refractivity contribution is 5.82. The maximum Gasteiger partial charge on any atom is 0.275 e. The van der Waals surface area contributed by atoms with Gasteiger partial charge >= 0.3 is 0 Å². The van der Waals surface area contributed by atoms with Gasteiger partial charge in [-0.25, -0.2) is 4.39 Å². The molecule has 0 bridgehead atoms. The van der Waals surface area contributed by atoms with Crippen LogP contribution in [0.1, 0.15) is 18.4 Å². The van der Waals surface area contributed by atoms with E-state index in [-0.39, 0.29) is 24.1 Å². The molecule has 3 heterocycles. The fourth-order valence-electron chi connectivity index (χ4n) is 4.58. The zero-order valence-corrected chi connectivity index (χ0v) is 17.7. The Bertz CT molecular complexity index is 1320. The molecule has 7 heteroatoms. The lowest BCUT2D eigenvalue weighted by Gasteiger charge is -2.32. The Morgan fingerprint density at radius 2 is 1.75 bits per heavy atom. The molecular weight excluding hydrogens is 407 g/mol. The summed E-state index contributed by atoms with van der Waals surface area (Å²) in [7, 11) is 0. The molecule has 0 spiro atoms. The minimum Gasteiger partial charge on any atom is -0.352 e. The lowest BCUT2D eigenvalue weighted by Crippen LogP contribution is -2.45. The minimum atomic E-state index is -0.441. The molecule has 0 radical (unpaired) electrons. The Hall–Kier alpha value is -3.45. The van der Waals surface area contributed by atoms with Crippen LogP contribution in [-0.4, -0.2) is 38.9 Å². The topological polar surface area (TPSA) is 58.8 Å². The third-order valence-electron chi connectivity index (χ3n) is 6.20. The maximum atomic E-state index is 13.9. The zero-order chi connectivity index (χ0) is 22.1. The van der Waals surface area contributed by atoms with E-state index < -0.39 is 5.82 Å². The van der Waals surface area contributed by atoms with Crippen LogP contribution in [0.4, 0.5) is 4.39 Å². The van der Waals surface area contributed by atoms with Crippen molar-refractivity contribution in [2.75, 3.05) is 13.1 Å². The Labute approximate surface area is 184 Å². The van der Waals surface area contributed by atoms with E-state index in [9.17, 15) is 14.0 Å². The van der Waals surface area contributed by atoms with Crippen molar-refractivity contribution in [2.24, 2.45) is 0 Å². The number of aromatic nitrogens is 2. The standard InChI is InChI=1S/C25H25FN4O2/c26-19-8-9-21-23(15-19)30(25(32)22-7-4-12-29(21)22)17-24(31)27-20-10-13-28(14-11-20)16-18-5-2-1-3-6-18/h1-9,12,15,20H,10-11,13-14,16-17H2,(H,27,31). The third-order valence-corrected chi connectivity index (χ3v) is 6.20. The van der Waals surface area contributed by atoms with E-state index in [1.807, 2.05) is 18.2 Å². The van der Waals surface area contributed by atoms with Gasteiger partial charge in [-0.15, -0.1) is 0 Å². The number of halogens is 1. The molecule has 1 saturated heterocycles. The Kier molecular flexibility index (Phi) is 5.49. The summed E-state index contributed by atoms with van der Waals surface area (Å²) in [6, 6.07) is 18.2. The second kappa shape index (κ2) is 8.59. The lowest BCUT2D eigenvalue weighted by atomic mass is 10.0. The number of benzene rings is 2. The number of carbonyl (C=O) groups excluding carboxylic acids is 1. The van der Waals surface area contributed by atoms with Gasteiger partial charge in [0, 0.05) is 31.9 Å². The van der Waals surface area contributed by atoms with Gasteiger partial charge in [0.1, 0.15) is 17.9 Å². The molecule has 0 saturated carbocycles. The van der Waals surface area contributed by atoms with E-state index in [1.54, 1.807) is 28.8 Å². The Morgan fingerprint density at radius 1 is 0.969 bits per heavy atom. The van der Waals surface area contributed by atoms with Crippen LogP contribution in [0.15, 0.2) is 71.7 Å².